The van der Waals surface area contributed by atoms with Gasteiger partial charge in [0.1, 0.15) is 0 Å². The molecule has 0 saturated carbocycles. The predicted molar refractivity (Wildman–Crippen MR) is 66.5 cm³/mol. The molecule has 0 amide bonds. The highest BCUT2D eigenvalue weighted by molar-refractivity contribution is 6.31. The zero-order chi connectivity index (χ0) is 12.6. The summed E-state index contributed by atoms with van der Waals surface area (Å²) >= 11 is 6.17. The molecule has 2 rings (SSSR count). The fourth-order valence-electron chi connectivity index (χ4n) is 1.77. The van der Waals surface area contributed by atoms with Crippen LogP contribution in [-0.2, 0) is 13.6 Å². The average Bonchev–Trinajstić information content (AvgIpc) is 2.80. The first-order chi connectivity index (χ1) is 7.99. The number of rotatable bonds is 3. The van der Waals surface area contributed by atoms with Crippen molar-refractivity contribution < 1.29 is 4.79 Å². The van der Waals surface area contributed by atoms with E-state index < -0.39 is 0 Å². The Morgan fingerprint density at radius 1 is 1.53 bits per heavy atom. The van der Waals surface area contributed by atoms with Gasteiger partial charge in [0.05, 0.1) is 23.0 Å². The Labute approximate surface area is 105 Å². The van der Waals surface area contributed by atoms with Crippen LogP contribution in [0, 0.1) is 6.92 Å². The highest BCUT2D eigenvalue weighted by atomic mass is 35.5. The maximum Gasteiger partial charge on any atom is 0.161 e. The average molecular weight is 252 g/mol. The highest BCUT2D eigenvalue weighted by Gasteiger charge is 2.11. The molecule has 0 aliphatic heterocycles. The van der Waals surface area contributed by atoms with Gasteiger partial charge in [-0.3, -0.25) is 9.48 Å². The third-order valence-electron chi connectivity index (χ3n) is 2.75. The summed E-state index contributed by atoms with van der Waals surface area (Å²) in [6.45, 7) is 4.05. The summed E-state index contributed by atoms with van der Waals surface area (Å²) in [6.07, 6.45) is 3.69. The molecule has 0 aliphatic rings. The van der Waals surface area contributed by atoms with Gasteiger partial charge in [0, 0.05) is 25.0 Å². The van der Waals surface area contributed by atoms with Crippen molar-refractivity contribution in [2.75, 3.05) is 0 Å². The Balaban J connectivity index is 2.28. The second-order valence-corrected chi connectivity index (χ2v) is 4.48. The van der Waals surface area contributed by atoms with Crippen molar-refractivity contribution in [2.24, 2.45) is 7.05 Å². The van der Waals surface area contributed by atoms with Gasteiger partial charge in [0.15, 0.2) is 5.78 Å². The van der Waals surface area contributed by atoms with Crippen LogP contribution in [0.4, 0.5) is 0 Å². The lowest BCUT2D eigenvalue weighted by Crippen LogP contribution is -2.04. The Hall–Kier alpha value is -1.55. The maximum absolute atomic E-state index is 11.2. The molecule has 5 heteroatoms. The van der Waals surface area contributed by atoms with Gasteiger partial charge in [-0.1, -0.05) is 11.6 Å². The van der Waals surface area contributed by atoms with Crippen LogP contribution in [0.15, 0.2) is 18.5 Å². The molecular formula is C12H14ClN3O. The number of halogens is 1. The molecule has 90 valence electrons. The van der Waals surface area contributed by atoms with E-state index in [4.69, 9.17) is 11.6 Å². The van der Waals surface area contributed by atoms with Gasteiger partial charge >= 0.3 is 0 Å². The molecule has 0 aliphatic carbocycles. The van der Waals surface area contributed by atoms with Crippen LogP contribution in [0.1, 0.15) is 28.7 Å². The number of aromatic nitrogens is 3. The topological polar surface area (TPSA) is 39.8 Å². The quantitative estimate of drug-likeness (QED) is 0.786. The zero-order valence-electron chi connectivity index (χ0n) is 10.1. The summed E-state index contributed by atoms with van der Waals surface area (Å²) in [6, 6.07) is 1.81. The molecule has 2 aromatic rings. The highest BCUT2D eigenvalue weighted by Crippen LogP contribution is 2.20. The van der Waals surface area contributed by atoms with Gasteiger partial charge in [-0.2, -0.15) is 5.10 Å². The summed E-state index contributed by atoms with van der Waals surface area (Å²) in [5.74, 6) is 0.0658. The SMILES string of the molecule is CC(=O)c1ccn(Cc2c(Cl)c(C)nn2C)c1. The molecular weight excluding hydrogens is 238 g/mol. The Morgan fingerprint density at radius 3 is 2.71 bits per heavy atom. The van der Waals surface area contributed by atoms with E-state index in [-0.39, 0.29) is 5.78 Å². The first-order valence-corrected chi connectivity index (χ1v) is 5.71. The van der Waals surface area contributed by atoms with Crippen molar-refractivity contribution in [3.8, 4) is 0 Å². The number of nitrogens with zero attached hydrogens (tertiary/aromatic N) is 3. The van der Waals surface area contributed by atoms with Crippen LogP contribution in [0.5, 0.6) is 0 Å². The van der Waals surface area contributed by atoms with E-state index in [0.29, 0.717) is 17.1 Å². The third-order valence-corrected chi connectivity index (χ3v) is 3.24. The van der Waals surface area contributed by atoms with Crippen LogP contribution in [-0.4, -0.2) is 20.1 Å². The number of aryl methyl sites for hydroxylation is 2. The Bertz CT molecular complexity index is 568. The number of carbonyl (C=O) groups excluding carboxylic acids is 1. The fraction of sp³-hybridized carbons (Fsp3) is 0.333. The minimum absolute atomic E-state index is 0.0658. The zero-order valence-corrected chi connectivity index (χ0v) is 10.8. The van der Waals surface area contributed by atoms with Gasteiger partial charge in [0.2, 0.25) is 0 Å². The van der Waals surface area contributed by atoms with Gasteiger partial charge in [0.25, 0.3) is 0 Å². The van der Waals surface area contributed by atoms with E-state index in [1.54, 1.807) is 17.7 Å². The smallest absolute Gasteiger partial charge is 0.161 e. The van der Waals surface area contributed by atoms with Crippen LogP contribution < -0.4 is 0 Å². The first kappa shape index (κ1) is 11.9. The second-order valence-electron chi connectivity index (χ2n) is 4.10. The molecule has 4 nitrogen and oxygen atoms in total. The van der Waals surface area contributed by atoms with Crippen molar-refractivity contribution in [2.45, 2.75) is 20.4 Å². The molecule has 0 unspecified atom stereocenters. The number of Topliss-reactive ketones (excluding diaryl/α,β-unsaturated/α-hetero) is 1. The van der Waals surface area contributed by atoms with Gasteiger partial charge in [-0.05, 0) is 19.9 Å². The van der Waals surface area contributed by atoms with E-state index in [2.05, 4.69) is 5.10 Å². The molecule has 0 N–H and O–H groups in total. The van der Waals surface area contributed by atoms with Crippen molar-refractivity contribution in [1.29, 1.82) is 0 Å². The maximum atomic E-state index is 11.2. The molecule has 0 radical (unpaired) electrons. The molecule has 17 heavy (non-hydrogen) atoms. The van der Waals surface area contributed by atoms with Crippen molar-refractivity contribution >= 4 is 17.4 Å². The summed E-state index contributed by atoms with van der Waals surface area (Å²) in [4.78, 5) is 11.2. The lowest BCUT2D eigenvalue weighted by molar-refractivity contribution is 0.101. The lowest BCUT2D eigenvalue weighted by Gasteiger charge is -2.04. The number of hydrogen-bond donors (Lipinski definition) is 0. The summed E-state index contributed by atoms with van der Waals surface area (Å²) in [7, 11) is 1.86. The predicted octanol–water partition coefficient (Wildman–Crippen LogP) is 2.43. The number of hydrogen-bond acceptors (Lipinski definition) is 2. The van der Waals surface area contributed by atoms with E-state index in [0.717, 1.165) is 11.4 Å². The van der Waals surface area contributed by atoms with Gasteiger partial charge in [-0.25, -0.2) is 0 Å². The van der Waals surface area contributed by atoms with E-state index >= 15 is 0 Å². The number of carbonyl (C=O) groups is 1. The van der Waals surface area contributed by atoms with Crippen LogP contribution in [0.2, 0.25) is 5.02 Å². The van der Waals surface area contributed by atoms with E-state index in [9.17, 15) is 4.79 Å². The Kier molecular flexibility index (Phi) is 3.07. The molecule has 0 atom stereocenters. The standard InChI is InChI=1S/C12H14ClN3O/c1-8-12(13)11(15(3)14-8)7-16-5-4-10(6-16)9(2)17/h4-6H,7H2,1-3H3. The van der Waals surface area contributed by atoms with E-state index in [1.807, 2.05) is 30.9 Å². The second kappa shape index (κ2) is 4.37. The Morgan fingerprint density at radius 2 is 2.24 bits per heavy atom. The molecule has 0 bridgehead atoms. The summed E-state index contributed by atoms with van der Waals surface area (Å²) in [5.41, 5.74) is 2.47. The minimum Gasteiger partial charge on any atom is -0.348 e. The summed E-state index contributed by atoms with van der Waals surface area (Å²) < 4.78 is 3.70. The first-order valence-electron chi connectivity index (χ1n) is 5.33. The van der Waals surface area contributed by atoms with Gasteiger partial charge < -0.3 is 4.57 Å². The molecule has 0 spiro atoms. The normalized spacial score (nSPS) is 10.8. The largest absolute Gasteiger partial charge is 0.348 e. The summed E-state index contributed by atoms with van der Waals surface area (Å²) in [5, 5.41) is 4.94. The van der Waals surface area contributed by atoms with Crippen LogP contribution in [0.3, 0.4) is 0 Å². The minimum atomic E-state index is 0.0658. The fourth-order valence-corrected chi connectivity index (χ4v) is 1.99. The van der Waals surface area contributed by atoms with Crippen LogP contribution >= 0.6 is 11.6 Å². The molecule has 0 aromatic carbocycles. The monoisotopic (exact) mass is 251 g/mol. The molecule has 0 fully saturated rings. The van der Waals surface area contributed by atoms with Gasteiger partial charge in [-0.15, -0.1) is 0 Å². The molecule has 0 saturated heterocycles. The molecule has 2 heterocycles. The van der Waals surface area contributed by atoms with Crippen LogP contribution in [0.25, 0.3) is 0 Å². The van der Waals surface area contributed by atoms with Crippen molar-refractivity contribution in [3.05, 3.63) is 40.4 Å². The van der Waals surface area contributed by atoms with Crippen molar-refractivity contribution in [3.63, 3.8) is 0 Å². The lowest BCUT2D eigenvalue weighted by atomic mass is 10.2. The third kappa shape index (κ3) is 2.26. The number of ketones is 1. The van der Waals surface area contributed by atoms with Crippen molar-refractivity contribution in [1.82, 2.24) is 14.3 Å². The van der Waals surface area contributed by atoms with E-state index in [1.165, 1.54) is 0 Å². The molecule has 2 aromatic heterocycles.